The fraction of sp³-hybridized carbons (Fsp3) is 0.0476. The van der Waals surface area contributed by atoms with Crippen molar-refractivity contribution in [3.05, 3.63) is 78.7 Å². The number of thioether (sulfide) groups is 1. The number of aromatic nitrogens is 7. The van der Waals surface area contributed by atoms with E-state index in [1.165, 1.54) is 24.4 Å². The SMILES string of the molecule is O=C(CSc1ncnc2c1cnn2-c1ccccc1)Nc1cc(Cl)ccc1-n1cncn1. The molecule has 0 bridgehead atoms. The molecule has 0 fully saturated rings. The van der Waals surface area contributed by atoms with Gasteiger partial charge in [0, 0.05) is 5.02 Å². The van der Waals surface area contributed by atoms with E-state index in [2.05, 4.69) is 30.5 Å². The fourth-order valence-corrected chi connectivity index (χ4v) is 4.09. The van der Waals surface area contributed by atoms with Gasteiger partial charge in [0.05, 0.1) is 34.4 Å². The molecule has 5 rings (SSSR count). The Morgan fingerprint density at radius 3 is 2.75 bits per heavy atom. The van der Waals surface area contributed by atoms with Gasteiger partial charge in [0.25, 0.3) is 0 Å². The molecule has 3 aromatic heterocycles. The van der Waals surface area contributed by atoms with Crippen molar-refractivity contribution in [1.29, 1.82) is 0 Å². The molecule has 0 saturated carbocycles. The summed E-state index contributed by atoms with van der Waals surface area (Å²) >= 11 is 7.43. The number of hydrogen-bond acceptors (Lipinski definition) is 7. The van der Waals surface area contributed by atoms with E-state index in [1.54, 1.807) is 40.1 Å². The minimum atomic E-state index is -0.208. The smallest absolute Gasteiger partial charge is 0.234 e. The van der Waals surface area contributed by atoms with Crippen LogP contribution in [0.5, 0.6) is 0 Å². The highest BCUT2D eigenvalue weighted by atomic mass is 35.5. The van der Waals surface area contributed by atoms with Crippen molar-refractivity contribution < 1.29 is 4.79 Å². The first-order valence-electron chi connectivity index (χ1n) is 9.50. The van der Waals surface area contributed by atoms with Crippen LogP contribution in [0.2, 0.25) is 5.02 Å². The number of carbonyl (C=O) groups is 1. The number of fused-ring (bicyclic) bond motifs is 1. The minimum absolute atomic E-state index is 0.145. The molecule has 0 unspecified atom stereocenters. The molecule has 2 aromatic carbocycles. The lowest BCUT2D eigenvalue weighted by molar-refractivity contribution is -0.113. The molecular weight excluding hydrogens is 448 g/mol. The molecule has 0 radical (unpaired) electrons. The van der Waals surface area contributed by atoms with E-state index in [4.69, 9.17) is 11.6 Å². The van der Waals surface area contributed by atoms with Crippen molar-refractivity contribution in [1.82, 2.24) is 34.5 Å². The number of nitrogens with one attached hydrogen (secondary N) is 1. The number of para-hydroxylation sites is 1. The lowest BCUT2D eigenvalue weighted by atomic mass is 10.2. The van der Waals surface area contributed by atoms with Crippen LogP contribution in [-0.4, -0.2) is 46.2 Å². The molecule has 0 aliphatic heterocycles. The Morgan fingerprint density at radius 1 is 1.06 bits per heavy atom. The molecule has 0 aliphatic rings. The number of hydrogen-bond donors (Lipinski definition) is 1. The highest BCUT2D eigenvalue weighted by molar-refractivity contribution is 8.00. The van der Waals surface area contributed by atoms with E-state index < -0.39 is 0 Å². The summed E-state index contributed by atoms with van der Waals surface area (Å²) in [6.45, 7) is 0. The molecule has 32 heavy (non-hydrogen) atoms. The van der Waals surface area contributed by atoms with Gasteiger partial charge in [-0.15, -0.1) is 0 Å². The third-order valence-corrected chi connectivity index (χ3v) is 5.81. The highest BCUT2D eigenvalue weighted by Gasteiger charge is 2.14. The Balaban J connectivity index is 1.34. The second-order valence-electron chi connectivity index (χ2n) is 6.65. The van der Waals surface area contributed by atoms with Gasteiger partial charge in [-0.05, 0) is 30.3 Å². The van der Waals surface area contributed by atoms with E-state index in [9.17, 15) is 4.79 Å². The maximum Gasteiger partial charge on any atom is 0.234 e. The summed E-state index contributed by atoms with van der Waals surface area (Å²) in [5, 5.41) is 13.4. The van der Waals surface area contributed by atoms with E-state index in [1.807, 2.05) is 30.3 Å². The molecule has 11 heteroatoms. The van der Waals surface area contributed by atoms with Gasteiger partial charge in [-0.2, -0.15) is 10.2 Å². The fourth-order valence-electron chi connectivity index (χ4n) is 3.16. The van der Waals surface area contributed by atoms with Crippen molar-refractivity contribution in [3.63, 3.8) is 0 Å². The summed E-state index contributed by atoms with van der Waals surface area (Å²) in [5.74, 6) is -0.0628. The molecular formula is C21H15ClN8OS. The first kappa shape index (κ1) is 20.2. The van der Waals surface area contributed by atoms with Gasteiger partial charge in [-0.3, -0.25) is 4.79 Å². The Hall–Kier alpha value is -3.76. The van der Waals surface area contributed by atoms with Gasteiger partial charge in [0.15, 0.2) is 5.65 Å². The number of rotatable bonds is 6. The standard InChI is InChI=1S/C21H15ClN8OS/c22-14-6-7-18(29-13-23-11-27-29)17(8-14)28-19(31)10-32-21-16-9-26-30(20(16)24-12-25-21)15-4-2-1-3-5-15/h1-9,11-13H,10H2,(H,28,31). The Kier molecular flexibility index (Phi) is 5.53. The van der Waals surface area contributed by atoms with Crippen LogP contribution in [0.25, 0.3) is 22.4 Å². The van der Waals surface area contributed by atoms with Crippen LogP contribution in [-0.2, 0) is 4.79 Å². The summed E-state index contributed by atoms with van der Waals surface area (Å²) in [7, 11) is 0. The molecule has 3 heterocycles. The van der Waals surface area contributed by atoms with Crippen LogP contribution in [0, 0.1) is 0 Å². The predicted molar refractivity (Wildman–Crippen MR) is 122 cm³/mol. The summed E-state index contributed by atoms with van der Waals surface area (Å²) < 4.78 is 3.31. The van der Waals surface area contributed by atoms with Crippen molar-refractivity contribution in [3.8, 4) is 11.4 Å². The van der Waals surface area contributed by atoms with Crippen LogP contribution >= 0.6 is 23.4 Å². The number of benzene rings is 2. The zero-order chi connectivity index (χ0) is 21.9. The Bertz CT molecular complexity index is 1390. The number of nitrogens with zero attached hydrogens (tertiary/aromatic N) is 7. The van der Waals surface area contributed by atoms with Crippen molar-refractivity contribution in [2.24, 2.45) is 0 Å². The average molecular weight is 463 g/mol. The lowest BCUT2D eigenvalue weighted by Gasteiger charge is -2.11. The topological polar surface area (TPSA) is 103 Å². The van der Waals surface area contributed by atoms with E-state index in [0.29, 0.717) is 27.1 Å². The van der Waals surface area contributed by atoms with Gasteiger partial charge in [-0.1, -0.05) is 41.6 Å². The zero-order valence-electron chi connectivity index (χ0n) is 16.5. The molecule has 0 spiro atoms. The number of carbonyl (C=O) groups excluding carboxylic acids is 1. The molecule has 158 valence electrons. The third-order valence-electron chi connectivity index (χ3n) is 4.57. The number of anilines is 1. The highest BCUT2D eigenvalue weighted by Crippen LogP contribution is 2.27. The summed E-state index contributed by atoms with van der Waals surface area (Å²) in [4.78, 5) is 25.4. The predicted octanol–water partition coefficient (Wildman–Crippen LogP) is 3.78. The summed E-state index contributed by atoms with van der Waals surface area (Å²) in [6, 6.07) is 14.9. The van der Waals surface area contributed by atoms with E-state index in [0.717, 1.165) is 11.1 Å². The quantitative estimate of drug-likeness (QED) is 0.302. The van der Waals surface area contributed by atoms with Crippen molar-refractivity contribution in [2.75, 3.05) is 11.1 Å². The maximum atomic E-state index is 12.7. The maximum absolute atomic E-state index is 12.7. The van der Waals surface area contributed by atoms with Crippen LogP contribution < -0.4 is 5.32 Å². The van der Waals surface area contributed by atoms with Crippen LogP contribution in [0.15, 0.2) is 78.7 Å². The first-order chi connectivity index (χ1) is 15.7. The van der Waals surface area contributed by atoms with Crippen LogP contribution in [0.4, 0.5) is 5.69 Å². The Labute approximate surface area is 191 Å². The molecule has 0 aliphatic carbocycles. The van der Waals surface area contributed by atoms with Gasteiger partial charge < -0.3 is 5.32 Å². The lowest BCUT2D eigenvalue weighted by Crippen LogP contribution is -2.16. The minimum Gasteiger partial charge on any atom is -0.323 e. The second kappa shape index (κ2) is 8.77. The monoisotopic (exact) mass is 462 g/mol. The summed E-state index contributed by atoms with van der Waals surface area (Å²) in [6.07, 6.45) is 6.16. The van der Waals surface area contributed by atoms with Crippen molar-refractivity contribution in [2.45, 2.75) is 5.03 Å². The molecule has 5 aromatic rings. The van der Waals surface area contributed by atoms with Crippen LogP contribution in [0.3, 0.4) is 0 Å². The Morgan fingerprint density at radius 2 is 1.94 bits per heavy atom. The molecule has 0 atom stereocenters. The molecule has 1 amide bonds. The number of halogens is 1. The third kappa shape index (κ3) is 4.05. The van der Waals surface area contributed by atoms with Crippen LogP contribution in [0.1, 0.15) is 0 Å². The van der Waals surface area contributed by atoms with Gasteiger partial charge >= 0.3 is 0 Å². The number of amides is 1. The normalized spacial score (nSPS) is 11.0. The summed E-state index contributed by atoms with van der Waals surface area (Å²) in [5.41, 5.74) is 2.78. The van der Waals surface area contributed by atoms with Gasteiger partial charge in [-0.25, -0.2) is 24.3 Å². The molecule has 1 N–H and O–H groups in total. The van der Waals surface area contributed by atoms with E-state index in [-0.39, 0.29) is 11.7 Å². The first-order valence-corrected chi connectivity index (χ1v) is 10.9. The van der Waals surface area contributed by atoms with E-state index >= 15 is 0 Å². The average Bonchev–Trinajstić information content (AvgIpc) is 3.49. The van der Waals surface area contributed by atoms with Gasteiger partial charge in [0.1, 0.15) is 24.0 Å². The van der Waals surface area contributed by atoms with Gasteiger partial charge in [0.2, 0.25) is 5.91 Å². The van der Waals surface area contributed by atoms with Crippen molar-refractivity contribution >= 4 is 46.0 Å². The molecule has 9 nitrogen and oxygen atoms in total. The molecule has 0 saturated heterocycles. The second-order valence-corrected chi connectivity index (χ2v) is 8.05. The largest absolute Gasteiger partial charge is 0.323 e. The zero-order valence-corrected chi connectivity index (χ0v) is 18.0.